The fourth-order valence-electron chi connectivity index (χ4n) is 4.82. The van der Waals surface area contributed by atoms with Gasteiger partial charge in [-0.15, -0.1) is 0 Å². The predicted octanol–water partition coefficient (Wildman–Crippen LogP) is 3.69. The minimum absolute atomic E-state index is 0.820. The van der Waals surface area contributed by atoms with Crippen LogP contribution in [-0.4, -0.2) is 46.9 Å². The van der Waals surface area contributed by atoms with Crippen molar-refractivity contribution in [3.63, 3.8) is 0 Å². The molecule has 2 aliphatic rings. The van der Waals surface area contributed by atoms with Gasteiger partial charge in [0.05, 0.1) is 6.20 Å². The van der Waals surface area contributed by atoms with Crippen molar-refractivity contribution in [3.8, 4) is 11.1 Å². The smallest absolute Gasteiger partial charge is 0.0568 e. The van der Waals surface area contributed by atoms with Crippen molar-refractivity contribution in [1.29, 1.82) is 0 Å². The second-order valence-corrected chi connectivity index (χ2v) is 8.14. The molecule has 5 heteroatoms. The van der Waals surface area contributed by atoms with Gasteiger partial charge in [0.15, 0.2) is 0 Å². The zero-order valence-corrected chi connectivity index (χ0v) is 16.8. The van der Waals surface area contributed by atoms with Crippen LogP contribution in [0, 0.1) is 0 Å². The Morgan fingerprint density at radius 3 is 2.59 bits per heavy atom. The number of aromatic nitrogens is 2. The van der Waals surface area contributed by atoms with Gasteiger partial charge in [0.2, 0.25) is 0 Å². The van der Waals surface area contributed by atoms with Crippen molar-refractivity contribution in [2.75, 3.05) is 36.8 Å². The van der Waals surface area contributed by atoms with Gasteiger partial charge in [-0.3, -0.25) is 9.58 Å². The molecule has 146 valence electrons. The van der Waals surface area contributed by atoms with E-state index in [1.54, 1.807) is 0 Å². The molecule has 1 saturated carbocycles. The molecule has 1 aliphatic heterocycles. The van der Waals surface area contributed by atoms with Gasteiger partial charge in [-0.1, -0.05) is 19.8 Å². The third-order valence-electron chi connectivity index (χ3n) is 6.37. The lowest BCUT2D eigenvalue weighted by Gasteiger charge is -2.29. The molecule has 2 heterocycles. The van der Waals surface area contributed by atoms with E-state index in [2.05, 4.69) is 40.2 Å². The lowest BCUT2D eigenvalue weighted by molar-refractivity contribution is 0.213. The monoisotopic (exact) mass is 367 g/mol. The molecule has 1 aliphatic carbocycles. The molecule has 27 heavy (non-hydrogen) atoms. The molecule has 2 aromatic rings. The van der Waals surface area contributed by atoms with Crippen LogP contribution < -0.4 is 10.6 Å². The lowest BCUT2D eigenvalue weighted by atomic mass is 10.00. The van der Waals surface area contributed by atoms with E-state index in [-0.39, 0.29) is 0 Å². The molecule has 0 unspecified atom stereocenters. The molecule has 0 radical (unpaired) electrons. The summed E-state index contributed by atoms with van der Waals surface area (Å²) in [5.41, 5.74) is 12.2. The van der Waals surface area contributed by atoms with Crippen molar-refractivity contribution in [2.24, 2.45) is 7.05 Å². The highest BCUT2D eigenvalue weighted by Gasteiger charge is 2.26. The van der Waals surface area contributed by atoms with E-state index in [9.17, 15) is 0 Å². The zero-order valence-electron chi connectivity index (χ0n) is 16.8. The van der Waals surface area contributed by atoms with Gasteiger partial charge in [-0.05, 0) is 43.4 Å². The van der Waals surface area contributed by atoms with Crippen LogP contribution in [0.3, 0.4) is 0 Å². The standard InChI is InChI=1S/C22H33N5/c1-3-17-13-22(20(14-21(17)23)18-15-24-25(2)16-18)27-10-6-9-26(11-12-27)19-7-4-5-8-19/h13-16,19H,3-12,23H2,1-2H3. The molecule has 0 bridgehead atoms. The van der Waals surface area contributed by atoms with E-state index in [0.717, 1.165) is 36.8 Å². The number of hydrogen-bond donors (Lipinski definition) is 1. The van der Waals surface area contributed by atoms with Crippen molar-refractivity contribution in [2.45, 2.75) is 51.5 Å². The number of nitrogens with two attached hydrogens (primary N) is 1. The first-order valence-electron chi connectivity index (χ1n) is 10.6. The number of hydrogen-bond acceptors (Lipinski definition) is 4. The maximum atomic E-state index is 6.36. The highest BCUT2D eigenvalue weighted by molar-refractivity contribution is 5.82. The van der Waals surface area contributed by atoms with Gasteiger partial charge in [-0.25, -0.2) is 0 Å². The van der Waals surface area contributed by atoms with E-state index in [1.165, 1.54) is 62.0 Å². The van der Waals surface area contributed by atoms with E-state index in [4.69, 9.17) is 5.73 Å². The summed E-state index contributed by atoms with van der Waals surface area (Å²) in [5, 5.41) is 4.38. The Labute approximate surface area is 163 Å². The summed E-state index contributed by atoms with van der Waals surface area (Å²) in [5.74, 6) is 0. The van der Waals surface area contributed by atoms with Crippen LogP contribution in [0.5, 0.6) is 0 Å². The molecule has 4 rings (SSSR count). The largest absolute Gasteiger partial charge is 0.398 e. The van der Waals surface area contributed by atoms with Crippen LogP contribution in [0.2, 0.25) is 0 Å². The highest BCUT2D eigenvalue weighted by atomic mass is 15.2. The van der Waals surface area contributed by atoms with Crippen LogP contribution in [0.25, 0.3) is 11.1 Å². The van der Waals surface area contributed by atoms with Crippen molar-refractivity contribution in [3.05, 3.63) is 30.1 Å². The summed E-state index contributed by atoms with van der Waals surface area (Å²) < 4.78 is 1.87. The Kier molecular flexibility index (Phi) is 5.39. The maximum Gasteiger partial charge on any atom is 0.0568 e. The molecule has 2 fully saturated rings. The second kappa shape index (κ2) is 7.93. The Morgan fingerprint density at radius 1 is 1.07 bits per heavy atom. The van der Waals surface area contributed by atoms with Crippen LogP contribution in [0.15, 0.2) is 24.5 Å². The molecule has 1 aromatic carbocycles. The number of nitrogens with zero attached hydrogens (tertiary/aromatic N) is 4. The average molecular weight is 368 g/mol. The molecule has 0 atom stereocenters. The molecule has 0 amide bonds. The zero-order chi connectivity index (χ0) is 18.8. The van der Waals surface area contributed by atoms with Crippen molar-refractivity contribution in [1.82, 2.24) is 14.7 Å². The summed E-state index contributed by atoms with van der Waals surface area (Å²) >= 11 is 0. The Balaban J connectivity index is 1.63. The molecule has 1 aromatic heterocycles. The lowest BCUT2D eigenvalue weighted by Crippen LogP contribution is -2.37. The van der Waals surface area contributed by atoms with Gasteiger partial charge >= 0.3 is 0 Å². The summed E-state index contributed by atoms with van der Waals surface area (Å²) in [6.45, 7) is 6.80. The number of benzene rings is 1. The van der Waals surface area contributed by atoms with Crippen LogP contribution >= 0.6 is 0 Å². The van der Waals surface area contributed by atoms with Crippen molar-refractivity contribution >= 4 is 11.4 Å². The van der Waals surface area contributed by atoms with E-state index in [1.807, 2.05) is 17.9 Å². The molecular formula is C22H33N5. The first-order valence-corrected chi connectivity index (χ1v) is 10.6. The normalized spacial score (nSPS) is 19.6. The third-order valence-corrected chi connectivity index (χ3v) is 6.37. The quantitative estimate of drug-likeness (QED) is 0.838. The number of anilines is 2. The summed E-state index contributed by atoms with van der Waals surface area (Å²) in [6, 6.07) is 5.30. The maximum absolute atomic E-state index is 6.36. The van der Waals surface area contributed by atoms with E-state index < -0.39 is 0 Å². The first kappa shape index (κ1) is 18.4. The molecule has 0 spiro atoms. The van der Waals surface area contributed by atoms with E-state index >= 15 is 0 Å². The molecule has 1 saturated heterocycles. The van der Waals surface area contributed by atoms with Gasteiger partial charge in [0, 0.05) is 68.0 Å². The topological polar surface area (TPSA) is 50.3 Å². The summed E-state index contributed by atoms with van der Waals surface area (Å²) in [7, 11) is 1.97. The number of rotatable bonds is 4. The average Bonchev–Trinajstić information content (AvgIpc) is 3.29. The number of nitrogen functional groups attached to an aromatic ring is 1. The first-order chi connectivity index (χ1) is 13.2. The fraction of sp³-hybridized carbons (Fsp3) is 0.591. The fourth-order valence-corrected chi connectivity index (χ4v) is 4.82. The van der Waals surface area contributed by atoms with Crippen LogP contribution in [0.4, 0.5) is 11.4 Å². The Hall–Kier alpha value is -2.01. The summed E-state index contributed by atoms with van der Waals surface area (Å²) in [6.07, 6.45) is 11.8. The SMILES string of the molecule is CCc1cc(N2CCCN(C3CCCC3)CC2)c(-c2cnn(C)c2)cc1N. The molecular weight excluding hydrogens is 334 g/mol. The van der Waals surface area contributed by atoms with Crippen LogP contribution in [0.1, 0.15) is 44.6 Å². The highest BCUT2D eigenvalue weighted by Crippen LogP contribution is 2.36. The second-order valence-electron chi connectivity index (χ2n) is 8.14. The minimum Gasteiger partial charge on any atom is -0.398 e. The van der Waals surface area contributed by atoms with Gasteiger partial charge in [-0.2, -0.15) is 5.10 Å². The van der Waals surface area contributed by atoms with Crippen LogP contribution in [-0.2, 0) is 13.5 Å². The van der Waals surface area contributed by atoms with E-state index in [0.29, 0.717) is 0 Å². The van der Waals surface area contributed by atoms with Gasteiger partial charge in [0.25, 0.3) is 0 Å². The minimum atomic E-state index is 0.820. The third kappa shape index (κ3) is 3.84. The Morgan fingerprint density at radius 2 is 1.89 bits per heavy atom. The van der Waals surface area contributed by atoms with Crippen molar-refractivity contribution < 1.29 is 0 Å². The van der Waals surface area contributed by atoms with Gasteiger partial charge < -0.3 is 10.6 Å². The predicted molar refractivity (Wildman–Crippen MR) is 113 cm³/mol. The van der Waals surface area contributed by atoms with Gasteiger partial charge in [0.1, 0.15) is 0 Å². The Bertz CT molecular complexity index is 775. The number of aryl methyl sites for hydroxylation is 2. The summed E-state index contributed by atoms with van der Waals surface area (Å²) in [4.78, 5) is 5.32. The molecule has 5 nitrogen and oxygen atoms in total. The molecule has 2 N–H and O–H groups in total.